The first-order valence-electron chi connectivity index (χ1n) is 6.97. The molecule has 2 nitrogen and oxygen atoms in total. The Morgan fingerprint density at radius 1 is 1.35 bits per heavy atom. The monoisotopic (exact) mass is 408 g/mol. The van der Waals surface area contributed by atoms with E-state index >= 15 is 0 Å². The molecule has 1 heterocycles. The molecule has 1 aromatic carbocycles. The van der Waals surface area contributed by atoms with E-state index in [1.54, 1.807) is 12.1 Å². The van der Waals surface area contributed by atoms with E-state index in [1.807, 2.05) is 29.5 Å². The van der Waals surface area contributed by atoms with Gasteiger partial charge in [-0.05, 0) is 41.5 Å². The van der Waals surface area contributed by atoms with Crippen LogP contribution < -0.4 is 0 Å². The molecule has 1 aromatic heterocycles. The number of hydrogen-bond donors (Lipinski definition) is 0. The molecular formula is C15H19ClFIN2. The quantitative estimate of drug-likeness (QED) is 0.471. The Balaban J connectivity index is 2.58. The van der Waals surface area contributed by atoms with Crippen LogP contribution >= 0.6 is 34.2 Å². The Hall–Kier alpha value is -0.360. The molecular weight excluding hydrogens is 390 g/mol. The number of aromatic nitrogens is 2. The largest absolute Gasteiger partial charge is 0.326 e. The average Bonchev–Trinajstić information content (AvgIpc) is 2.74. The fourth-order valence-electron chi connectivity index (χ4n) is 2.44. The fraction of sp³-hybridized carbons (Fsp3) is 0.533. The van der Waals surface area contributed by atoms with Gasteiger partial charge < -0.3 is 4.57 Å². The molecule has 1 atom stereocenters. The Labute approximate surface area is 137 Å². The van der Waals surface area contributed by atoms with Gasteiger partial charge in [0.1, 0.15) is 11.6 Å². The summed E-state index contributed by atoms with van der Waals surface area (Å²) in [6, 6.07) is 3.37. The summed E-state index contributed by atoms with van der Waals surface area (Å²) in [7, 11) is 0. The number of benzene rings is 1. The predicted octanol–water partition coefficient (Wildman–Crippen LogP) is 5.52. The second-order valence-corrected chi connectivity index (χ2v) is 6.95. The summed E-state index contributed by atoms with van der Waals surface area (Å²) < 4.78 is 16.5. The summed E-state index contributed by atoms with van der Waals surface area (Å²) in [6.07, 6.45) is 2.19. The predicted molar refractivity (Wildman–Crippen MR) is 90.7 cm³/mol. The van der Waals surface area contributed by atoms with Gasteiger partial charge in [-0.3, -0.25) is 0 Å². The maximum atomic E-state index is 13.9. The van der Waals surface area contributed by atoms with Crippen molar-refractivity contribution in [1.82, 2.24) is 9.55 Å². The van der Waals surface area contributed by atoms with E-state index in [-0.39, 0.29) is 11.2 Å². The van der Waals surface area contributed by atoms with Gasteiger partial charge in [-0.25, -0.2) is 9.37 Å². The zero-order valence-corrected chi connectivity index (χ0v) is 14.9. The molecule has 0 saturated carbocycles. The lowest BCUT2D eigenvalue weighted by Gasteiger charge is -2.17. The number of rotatable bonds is 5. The second-order valence-electron chi connectivity index (χ2n) is 5.13. The summed E-state index contributed by atoms with van der Waals surface area (Å²) in [4.78, 5) is 4.60. The minimum absolute atomic E-state index is 0.183. The maximum Gasteiger partial charge on any atom is 0.138 e. The van der Waals surface area contributed by atoms with E-state index in [0.29, 0.717) is 9.49 Å². The van der Waals surface area contributed by atoms with Crippen LogP contribution in [0.4, 0.5) is 4.39 Å². The van der Waals surface area contributed by atoms with Gasteiger partial charge in [0.15, 0.2) is 0 Å². The smallest absolute Gasteiger partial charge is 0.138 e. The lowest BCUT2D eigenvalue weighted by Crippen LogP contribution is -2.12. The third-order valence-electron chi connectivity index (χ3n) is 3.77. The first-order valence-corrected chi connectivity index (χ1v) is 8.48. The molecule has 0 bridgehead atoms. The minimum atomic E-state index is -0.197. The van der Waals surface area contributed by atoms with E-state index in [0.717, 1.165) is 36.2 Å². The van der Waals surface area contributed by atoms with Gasteiger partial charge in [0.05, 0.1) is 20.0 Å². The number of alkyl halides is 1. The zero-order chi connectivity index (χ0) is 14.9. The van der Waals surface area contributed by atoms with Crippen molar-refractivity contribution in [2.45, 2.75) is 45.5 Å². The molecule has 0 aliphatic rings. The molecule has 1 unspecified atom stereocenters. The van der Waals surface area contributed by atoms with E-state index in [9.17, 15) is 4.39 Å². The van der Waals surface area contributed by atoms with Crippen LogP contribution in [0.5, 0.6) is 0 Å². The molecule has 2 aromatic rings. The highest BCUT2D eigenvalue weighted by molar-refractivity contribution is 14.1. The summed E-state index contributed by atoms with van der Waals surface area (Å²) >= 11 is 8.24. The van der Waals surface area contributed by atoms with Crippen molar-refractivity contribution in [3.8, 4) is 0 Å². The molecule has 0 aliphatic carbocycles. The third kappa shape index (κ3) is 3.11. The number of imidazole rings is 1. The molecule has 0 saturated heterocycles. The summed E-state index contributed by atoms with van der Waals surface area (Å²) in [5.74, 6) is 1.19. The van der Waals surface area contributed by atoms with Gasteiger partial charge in [-0.15, -0.1) is 11.6 Å². The van der Waals surface area contributed by atoms with Crippen molar-refractivity contribution in [3.63, 3.8) is 0 Å². The van der Waals surface area contributed by atoms with Crippen LogP contribution in [0.25, 0.3) is 11.0 Å². The van der Waals surface area contributed by atoms with Crippen LogP contribution in [-0.4, -0.2) is 9.55 Å². The highest BCUT2D eigenvalue weighted by atomic mass is 127. The second kappa shape index (κ2) is 6.60. The Kier molecular flexibility index (Phi) is 5.29. The van der Waals surface area contributed by atoms with Crippen molar-refractivity contribution < 1.29 is 4.39 Å². The molecule has 0 radical (unpaired) electrons. The van der Waals surface area contributed by atoms with Gasteiger partial charge in [0, 0.05) is 12.6 Å². The molecule has 20 heavy (non-hydrogen) atoms. The van der Waals surface area contributed by atoms with Crippen LogP contribution in [0.15, 0.2) is 12.1 Å². The van der Waals surface area contributed by atoms with Crippen molar-refractivity contribution >= 4 is 45.2 Å². The first kappa shape index (κ1) is 16.0. The SMILES string of the molecule is CCC(CC)Cn1c(C(C)Cl)nc2cc(I)c(F)cc21. The summed E-state index contributed by atoms with van der Waals surface area (Å²) in [5, 5.41) is -0.183. The average molecular weight is 409 g/mol. The standard InChI is InChI=1S/C15H19ClFIN2/c1-4-10(5-2)8-20-14-6-11(17)12(18)7-13(14)19-15(20)9(3)16/h6-7,9-10H,4-5,8H2,1-3H3. The number of hydrogen-bond acceptors (Lipinski definition) is 1. The minimum Gasteiger partial charge on any atom is -0.326 e. The molecule has 5 heteroatoms. The van der Waals surface area contributed by atoms with Gasteiger partial charge in [-0.2, -0.15) is 0 Å². The van der Waals surface area contributed by atoms with E-state index in [4.69, 9.17) is 11.6 Å². The maximum absolute atomic E-state index is 13.9. The molecule has 0 spiro atoms. The van der Waals surface area contributed by atoms with Crippen molar-refractivity contribution in [2.75, 3.05) is 0 Å². The van der Waals surface area contributed by atoms with Crippen molar-refractivity contribution in [1.29, 1.82) is 0 Å². The van der Waals surface area contributed by atoms with E-state index < -0.39 is 0 Å². The molecule has 0 fully saturated rings. The van der Waals surface area contributed by atoms with Crippen LogP contribution in [0.3, 0.4) is 0 Å². The molecule has 2 rings (SSSR count). The number of halogens is 3. The van der Waals surface area contributed by atoms with Crippen molar-refractivity contribution in [2.24, 2.45) is 5.92 Å². The lowest BCUT2D eigenvalue weighted by atomic mass is 10.0. The van der Waals surface area contributed by atoms with Crippen LogP contribution in [0.2, 0.25) is 0 Å². The highest BCUT2D eigenvalue weighted by Gasteiger charge is 2.18. The Bertz CT molecular complexity index is 605. The van der Waals surface area contributed by atoms with Gasteiger partial charge in [0.25, 0.3) is 0 Å². The van der Waals surface area contributed by atoms with Crippen LogP contribution in [0.1, 0.15) is 44.8 Å². The summed E-state index contributed by atoms with van der Waals surface area (Å²) in [5.41, 5.74) is 1.67. The van der Waals surface area contributed by atoms with Gasteiger partial charge in [-0.1, -0.05) is 26.7 Å². The highest BCUT2D eigenvalue weighted by Crippen LogP contribution is 2.28. The van der Waals surface area contributed by atoms with Crippen LogP contribution in [-0.2, 0) is 6.54 Å². The number of nitrogens with zero attached hydrogens (tertiary/aromatic N) is 2. The normalized spacial score (nSPS) is 13.3. The van der Waals surface area contributed by atoms with Crippen molar-refractivity contribution in [3.05, 3.63) is 27.3 Å². The Morgan fingerprint density at radius 3 is 2.55 bits per heavy atom. The van der Waals surface area contributed by atoms with E-state index in [1.165, 1.54) is 0 Å². The van der Waals surface area contributed by atoms with Gasteiger partial charge >= 0.3 is 0 Å². The summed E-state index contributed by atoms with van der Waals surface area (Å²) in [6.45, 7) is 7.12. The molecule has 0 amide bonds. The van der Waals surface area contributed by atoms with Crippen LogP contribution in [0, 0.1) is 15.3 Å². The van der Waals surface area contributed by atoms with E-state index in [2.05, 4.69) is 23.4 Å². The third-order valence-corrected chi connectivity index (χ3v) is 4.79. The molecule has 0 aliphatic heterocycles. The Morgan fingerprint density at radius 2 is 2.00 bits per heavy atom. The topological polar surface area (TPSA) is 17.8 Å². The fourth-order valence-corrected chi connectivity index (χ4v) is 3.06. The molecule has 110 valence electrons. The van der Waals surface area contributed by atoms with Gasteiger partial charge in [0.2, 0.25) is 0 Å². The molecule has 0 N–H and O–H groups in total. The first-order chi connectivity index (χ1) is 9.47. The lowest BCUT2D eigenvalue weighted by molar-refractivity contribution is 0.416. The number of fused-ring (bicyclic) bond motifs is 1. The zero-order valence-electron chi connectivity index (χ0n) is 12.0.